The molecule has 6 nitrogen and oxygen atoms in total. The van der Waals surface area contributed by atoms with E-state index in [-0.39, 0.29) is 0 Å². The summed E-state index contributed by atoms with van der Waals surface area (Å²) in [5, 5.41) is 6.57. The van der Waals surface area contributed by atoms with E-state index in [0.717, 1.165) is 28.4 Å². The van der Waals surface area contributed by atoms with Gasteiger partial charge < -0.3 is 24.8 Å². The molecular formula is C19H25N3O3. The standard InChI is InChI=1S/C19H25N3O3/c1-20-19(21-12-14-6-5-7-16(10-14)23-2)22-13-15-8-9-17(24-3)11-18(15)25-4/h5-11H,12-13H2,1-4H3,(H2,20,21,22). The average Bonchev–Trinajstić information content (AvgIpc) is 2.68. The highest BCUT2D eigenvalue weighted by Crippen LogP contribution is 2.24. The van der Waals surface area contributed by atoms with Crippen molar-refractivity contribution in [2.24, 2.45) is 4.99 Å². The Hall–Kier alpha value is -2.89. The first kappa shape index (κ1) is 18.4. The Kier molecular flexibility index (Phi) is 6.95. The van der Waals surface area contributed by atoms with Gasteiger partial charge in [-0.2, -0.15) is 0 Å². The van der Waals surface area contributed by atoms with Gasteiger partial charge in [-0.1, -0.05) is 12.1 Å². The molecule has 0 radical (unpaired) electrons. The molecule has 0 aromatic heterocycles. The molecule has 0 aliphatic rings. The SMILES string of the molecule is CN=C(NCc1cccc(OC)c1)NCc1ccc(OC)cc1OC. The smallest absolute Gasteiger partial charge is 0.191 e. The topological polar surface area (TPSA) is 64.1 Å². The molecule has 25 heavy (non-hydrogen) atoms. The van der Waals surface area contributed by atoms with E-state index in [2.05, 4.69) is 15.6 Å². The molecule has 0 aliphatic heterocycles. The summed E-state index contributed by atoms with van der Waals surface area (Å²) in [6.07, 6.45) is 0. The van der Waals surface area contributed by atoms with Crippen molar-refractivity contribution < 1.29 is 14.2 Å². The van der Waals surface area contributed by atoms with Crippen molar-refractivity contribution in [2.75, 3.05) is 28.4 Å². The number of hydrogen-bond donors (Lipinski definition) is 2. The number of benzene rings is 2. The third-order valence-electron chi connectivity index (χ3n) is 3.76. The fourth-order valence-electron chi connectivity index (χ4n) is 2.37. The highest BCUT2D eigenvalue weighted by molar-refractivity contribution is 5.79. The summed E-state index contributed by atoms with van der Waals surface area (Å²) >= 11 is 0. The number of aliphatic imine (C=N–C) groups is 1. The predicted molar refractivity (Wildman–Crippen MR) is 99.6 cm³/mol. The van der Waals surface area contributed by atoms with Crippen molar-refractivity contribution in [3.63, 3.8) is 0 Å². The summed E-state index contributed by atoms with van der Waals surface area (Å²) in [4.78, 5) is 4.25. The van der Waals surface area contributed by atoms with Crippen LogP contribution in [0.5, 0.6) is 17.2 Å². The van der Waals surface area contributed by atoms with Crippen LogP contribution >= 0.6 is 0 Å². The molecule has 0 spiro atoms. The highest BCUT2D eigenvalue weighted by atomic mass is 16.5. The molecule has 134 valence electrons. The molecule has 0 unspecified atom stereocenters. The molecule has 0 fully saturated rings. The van der Waals surface area contributed by atoms with Crippen LogP contribution in [0.4, 0.5) is 0 Å². The van der Waals surface area contributed by atoms with Crippen LogP contribution in [0.15, 0.2) is 47.5 Å². The Balaban J connectivity index is 1.94. The molecule has 2 N–H and O–H groups in total. The molecule has 0 heterocycles. The van der Waals surface area contributed by atoms with Crippen LogP contribution in [0.1, 0.15) is 11.1 Å². The van der Waals surface area contributed by atoms with Crippen molar-refractivity contribution in [3.8, 4) is 17.2 Å². The van der Waals surface area contributed by atoms with Crippen LogP contribution in [-0.2, 0) is 13.1 Å². The van der Waals surface area contributed by atoms with Crippen LogP contribution in [-0.4, -0.2) is 34.3 Å². The molecule has 0 amide bonds. The molecule has 2 aromatic carbocycles. The van der Waals surface area contributed by atoms with E-state index in [0.29, 0.717) is 19.0 Å². The molecule has 2 rings (SSSR count). The van der Waals surface area contributed by atoms with Gasteiger partial charge in [0.15, 0.2) is 5.96 Å². The monoisotopic (exact) mass is 343 g/mol. The number of rotatable bonds is 7. The summed E-state index contributed by atoms with van der Waals surface area (Å²) in [5.74, 6) is 3.09. The Morgan fingerprint density at radius 3 is 2.28 bits per heavy atom. The van der Waals surface area contributed by atoms with E-state index in [4.69, 9.17) is 14.2 Å². The van der Waals surface area contributed by atoms with Crippen molar-refractivity contribution in [1.82, 2.24) is 10.6 Å². The van der Waals surface area contributed by atoms with Crippen LogP contribution in [0, 0.1) is 0 Å². The second-order valence-electron chi connectivity index (χ2n) is 5.31. The lowest BCUT2D eigenvalue weighted by atomic mass is 10.2. The van der Waals surface area contributed by atoms with Gasteiger partial charge in [0, 0.05) is 31.8 Å². The van der Waals surface area contributed by atoms with E-state index in [1.54, 1.807) is 28.4 Å². The largest absolute Gasteiger partial charge is 0.497 e. The minimum absolute atomic E-state index is 0.588. The summed E-state index contributed by atoms with van der Waals surface area (Å²) in [5.41, 5.74) is 2.14. The first-order chi connectivity index (χ1) is 12.2. The predicted octanol–water partition coefficient (Wildman–Crippen LogP) is 2.58. The van der Waals surface area contributed by atoms with Crippen molar-refractivity contribution in [3.05, 3.63) is 53.6 Å². The minimum Gasteiger partial charge on any atom is -0.497 e. The van der Waals surface area contributed by atoms with Gasteiger partial charge in [-0.3, -0.25) is 4.99 Å². The first-order valence-electron chi connectivity index (χ1n) is 7.98. The van der Waals surface area contributed by atoms with Gasteiger partial charge in [-0.05, 0) is 29.8 Å². The van der Waals surface area contributed by atoms with E-state index in [9.17, 15) is 0 Å². The number of hydrogen-bond acceptors (Lipinski definition) is 4. The highest BCUT2D eigenvalue weighted by Gasteiger charge is 2.06. The maximum atomic E-state index is 5.41. The zero-order valence-corrected chi connectivity index (χ0v) is 15.1. The Morgan fingerprint density at radius 2 is 1.60 bits per heavy atom. The van der Waals surface area contributed by atoms with Gasteiger partial charge in [0.2, 0.25) is 0 Å². The van der Waals surface area contributed by atoms with Gasteiger partial charge >= 0.3 is 0 Å². The van der Waals surface area contributed by atoms with Crippen LogP contribution in [0.2, 0.25) is 0 Å². The second-order valence-corrected chi connectivity index (χ2v) is 5.31. The summed E-state index contributed by atoms with van der Waals surface area (Å²) in [7, 11) is 6.69. The maximum Gasteiger partial charge on any atom is 0.191 e. The van der Waals surface area contributed by atoms with E-state index in [1.165, 1.54) is 0 Å². The lowest BCUT2D eigenvalue weighted by Gasteiger charge is -2.14. The molecular weight excluding hydrogens is 318 g/mol. The van der Waals surface area contributed by atoms with Gasteiger partial charge in [0.1, 0.15) is 17.2 Å². The lowest BCUT2D eigenvalue weighted by molar-refractivity contribution is 0.390. The molecule has 0 saturated heterocycles. The van der Waals surface area contributed by atoms with Crippen LogP contribution in [0.25, 0.3) is 0 Å². The lowest BCUT2D eigenvalue weighted by Crippen LogP contribution is -2.36. The minimum atomic E-state index is 0.588. The number of ether oxygens (including phenoxy) is 3. The normalized spacial score (nSPS) is 11.0. The van der Waals surface area contributed by atoms with Gasteiger partial charge in [-0.25, -0.2) is 0 Å². The zero-order chi connectivity index (χ0) is 18.1. The fraction of sp³-hybridized carbons (Fsp3) is 0.316. The second kappa shape index (κ2) is 9.42. The zero-order valence-electron chi connectivity index (χ0n) is 15.1. The van der Waals surface area contributed by atoms with E-state index < -0.39 is 0 Å². The quantitative estimate of drug-likeness (QED) is 0.598. The molecule has 2 aromatic rings. The first-order valence-corrected chi connectivity index (χ1v) is 7.98. The number of guanidine groups is 1. The number of nitrogens with zero attached hydrogens (tertiary/aromatic N) is 1. The molecule has 0 bridgehead atoms. The van der Waals surface area contributed by atoms with Crippen LogP contribution < -0.4 is 24.8 Å². The Morgan fingerprint density at radius 1 is 0.880 bits per heavy atom. The van der Waals surface area contributed by atoms with E-state index >= 15 is 0 Å². The third kappa shape index (κ3) is 5.31. The Bertz CT molecular complexity index is 717. The van der Waals surface area contributed by atoms with Gasteiger partial charge in [0.25, 0.3) is 0 Å². The maximum absolute atomic E-state index is 5.41. The average molecular weight is 343 g/mol. The molecule has 0 atom stereocenters. The number of nitrogens with one attached hydrogen (secondary N) is 2. The summed E-state index contributed by atoms with van der Waals surface area (Å²) < 4.78 is 15.9. The fourth-order valence-corrected chi connectivity index (χ4v) is 2.37. The molecule has 0 aliphatic carbocycles. The van der Waals surface area contributed by atoms with Crippen molar-refractivity contribution in [2.45, 2.75) is 13.1 Å². The number of methoxy groups -OCH3 is 3. The van der Waals surface area contributed by atoms with Crippen LogP contribution in [0.3, 0.4) is 0 Å². The van der Waals surface area contributed by atoms with Gasteiger partial charge in [0.05, 0.1) is 21.3 Å². The third-order valence-corrected chi connectivity index (χ3v) is 3.76. The van der Waals surface area contributed by atoms with E-state index in [1.807, 2.05) is 42.5 Å². The molecule has 6 heteroatoms. The summed E-state index contributed by atoms with van der Waals surface area (Å²) in [6.45, 7) is 1.24. The van der Waals surface area contributed by atoms with Crippen molar-refractivity contribution in [1.29, 1.82) is 0 Å². The van der Waals surface area contributed by atoms with Gasteiger partial charge in [-0.15, -0.1) is 0 Å². The van der Waals surface area contributed by atoms with Crippen molar-refractivity contribution >= 4 is 5.96 Å². The Labute approximate surface area is 148 Å². The summed E-state index contributed by atoms with van der Waals surface area (Å²) in [6, 6.07) is 13.7. The molecule has 0 saturated carbocycles.